The Morgan fingerprint density at radius 3 is 3.00 bits per heavy atom. The van der Waals surface area contributed by atoms with Gasteiger partial charge in [-0.05, 0) is 24.3 Å². The van der Waals surface area contributed by atoms with E-state index in [9.17, 15) is 9.18 Å². The summed E-state index contributed by atoms with van der Waals surface area (Å²) in [4.78, 5) is 12.1. The smallest absolute Gasteiger partial charge is 0.256 e. The number of ether oxygens (including phenoxy) is 2. The van der Waals surface area contributed by atoms with Crippen LogP contribution in [0.5, 0.6) is 5.75 Å². The van der Waals surface area contributed by atoms with Crippen molar-refractivity contribution in [1.29, 1.82) is 0 Å². The maximum Gasteiger partial charge on any atom is 0.256 e. The van der Waals surface area contributed by atoms with Crippen molar-refractivity contribution < 1.29 is 18.7 Å². The van der Waals surface area contributed by atoms with Crippen molar-refractivity contribution in [3.05, 3.63) is 58.9 Å². The minimum absolute atomic E-state index is 0.123. The van der Waals surface area contributed by atoms with E-state index < -0.39 is 0 Å². The molecule has 0 aromatic heterocycles. The molecule has 2 aromatic carbocycles. The monoisotopic (exact) mass is 297 g/mol. The van der Waals surface area contributed by atoms with Gasteiger partial charge in [-0.2, -0.15) is 0 Å². The van der Waals surface area contributed by atoms with Crippen LogP contribution in [0.25, 0.3) is 11.6 Å². The molecule has 2 aliphatic rings. The van der Waals surface area contributed by atoms with Crippen molar-refractivity contribution in [1.82, 2.24) is 0 Å². The topological polar surface area (TPSA) is 47.6 Å². The number of fused-ring (bicyclic) bond motifs is 2. The third-order valence-corrected chi connectivity index (χ3v) is 3.71. The number of rotatable bonds is 1. The standard InChI is InChI=1S/C17H12FNO3/c18-12-5-10(16-11(6-12)8-21-9-22-16)7-14-13-3-1-2-4-15(13)19-17(14)20/h1-7H,8-9H2,(H,19,20)/b14-7-. The molecule has 110 valence electrons. The number of carbonyl (C=O) groups is 1. The number of hydrogen-bond donors (Lipinski definition) is 1. The first-order valence-electron chi connectivity index (χ1n) is 6.88. The summed E-state index contributed by atoms with van der Waals surface area (Å²) in [5, 5.41) is 2.80. The van der Waals surface area contributed by atoms with E-state index in [0.29, 0.717) is 29.1 Å². The van der Waals surface area contributed by atoms with Crippen LogP contribution in [0.4, 0.5) is 10.1 Å². The maximum absolute atomic E-state index is 13.8. The van der Waals surface area contributed by atoms with Gasteiger partial charge in [-0.3, -0.25) is 4.79 Å². The van der Waals surface area contributed by atoms with Crippen LogP contribution in [-0.2, 0) is 16.1 Å². The zero-order chi connectivity index (χ0) is 15.1. The van der Waals surface area contributed by atoms with E-state index in [-0.39, 0.29) is 18.5 Å². The van der Waals surface area contributed by atoms with Gasteiger partial charge < -0.3 is 14.8 Å². The average Bonchev–Trinajstić information content (AvgIpc) is 2.83. The third-order valence-electron chi connectivity index (χ3n) is 3.71. The Labute approximate surface area is 126 Å². The molecule has 0 unspecified atom stereocenters. The lowest BCUT2D eigenvalue weighted by Gasteiger charge is -2.19. The van der Waals surface area contributed by atoms with E-state index in [1.165, 1.54) is 12.1 Å². The lowest BCUT2D eigenvalue weighted by atomic mass is 10.0. The highest BCUT2D eigenvalue weighted by molar-refractivity contribution is 6.35. The summed E-state index contributed by atoms with van der Waals surface area (Å²) in [6, 6.07) is 10.2. The van der Waals surface area contributed by atoms with Crippen LogP contribution in [0.3, 0.4) is 0 Å². The lowest BCUT2D eigenvalue weighted by Crippen LogP contribution is -2.13. The molecular weight excluding hydrogens is 285 g/mol. The van der Waals surface area contributed by atoms with Gasteiger partial charge in [-0.1, -0.05) is 18.2 Å². The summed E-state index contributed by atoms with van der Waals surface area (Å²) in [7, 11) is 0. The van der Waals surface area contributed by atoms with Crippen molar-refractivity contribution in [2.45, 2.75) is 6.61 Å². The van der Waals surface area contributed by atoms with Gasteiger partial charge in [-0.25, -0.2) is 4.39 Å². The van der Waals surface area contributed by atoms with Gasteiger partial charge >= 0.3 is 0 Å². The van der Waals surface area contributed by atoms with Crippen molar-refractivity contribution >= 4 is 23.2 Å². The molecule has 2 heterocycles. The molecule has 0 spiro atoms. The van der Waals surface area contributed by atoms with Crippen molar-refractivity contribution in [3.8, 4) is 5.75 Å². The largest absolute Gasteiger partial charge is 0.467 e. The Morgan fingerprint density at radius 2 is 2.09 bits per heavy atom. The molecule has 0 saturated carbocycles. The lowest BCUT2D eigenvalue weighted by molar-refractivity contribution is -0.110. The molecule has 0 radical (unpaired) electrons. The molecular formula is C17H12FNO3. The molecule has 4 nitrogen and oxygen atoms in total. The molecule has 4 rings (SSSR count). The molecule has 0 fully saturated rings. The van der Waals surface area contributed by atoms with Crippen LogP contribution in [0.2, 0.25) is 0 Å². The van der Waals surface area contributed by atoms with Crippen LogP contribution in [0.15, 0.2) is 36.4 Å². The fourth-order valence-electron chi connectivity index (χ4n) is 2.75. The molecule has 2 aliphatic heterocycles. The summed E-state index contributed by atoms with van der Waals surface area (Å²) in [6.45, 7) is 0.420. The fraction of sp³-hybridized carbons (Fsp3) is 0.118. The predicted molar refractivity (Wildman–Crippen MR) is 79.6 cm³/mol. The third kappa shape index (κ3) is 2.07. The fourth-order valence-corrected chi connectivity index (χ4v) is 2.75. The first-order valence-corrected chi connectivity index (χ1v) is 6.88. The second kappa shape index (κ2) is 4.96. The SMILES string of the molecule is O=C1Nc2ccccc2/C1=C/c1cc(F)cc2c1OCOC2. The van der Waals surface area contributed by atoms with Gasteiger partial charge in [0.15, 0.2) is 6.79 Å². The van der Waals surface area contributed by atoms with E-state index >= 15 is 0 Å². The minimum atomic E-state index is -0.383. The normalized spacial score (nSPS) is 17.7. The van der Waals surface area contributed by atoms with Gasteiger partial charge in [0.05, 0.1) is 6.61 Å². The first kappa shape index (κ1) is 13.0. The number of anilines is 1. The van der Waals surface area contributed by atoms with Gasteiger partial charge in [0.1, 0.15) is 11.6 Å². The van der Waals surface area contributed by atoms with E-state index in [4.69, 9.17) is 9.47 Å². The van der Waals surface area contributed by atoms with Crippen LogP contribution in [0, 0.1) is 5.82 Å². The van der Waals surface area contributed by atoms with Crippen LogP contribution < -0.4 is 10.1 Å². The Kier molecular flexibility index (Phi) is 2.94. The summed E-state index contributed by atoms with van der Waals surface area (Å²) in [6.07, 6.45) is 1.66. The number of carbonyl (C=O) groups excluding carboxylic acids is 1. The summed E-state index contributed by atoms with van der Waals surface area (Å²) >= 11 is 0. The summed E-state index contributed by atoms with van der Waals surface area (Å²) < 4.78 is 24.4. The number of amides is 1. The first-order chi connectivity index (χ1) is 10.7. The van der Waals surface area contributed by atoms with Crippen LogP contribution in [0.1, 0.15) is 16.7 Å². The molecule has 0 bridgehead atoms. The van der Waals surface area contributed by atoms with Crippen LogP contribution in [-0.4, -0.2) is 12.7 Å². The van der Waals surface area contributed by atoms with Crippen molar-refractivity contribution in [2.75, 3.05) is 12.1 Å². The summed E-state index contributed by atoms with van der Waals surface area (Å²) in [5.74, 6) is -0.0185. The highest BCUT2D eigenvalue weighted by Crippen LogP contribution is 2.36. The Hall–Kier alpha value is -2.66. The summed E-state index contributed by atoms with van der Waals surface area (Å²) in [5.41, 5.74) is 3.24. The van der Waals surface area contributed by atoms with E-state index in [1.807, 2.05) is 24.3 Å². The van der Waals surface area contributed by atoms with E-state index in [2.05, 4.69) is 5.32 Å². The van der Waals surface area contributed by atoms with E-state index in [1.54, 1.807) is 6.08 Å². The second-order valence-corrected chi connectivity index (χ2v) is 5.15. The zero-order valence-corrected chi connectivity index (χ0v) is 11.6. The van der Waals surface area contributed by atoms with Gasteiger partial charge in [0.25, 0.3) is 5.91 Å². The predicted octanol–water partition coefficient (Wildman–Crippen LogP) is 3.18. The average molecular weight is 297 g/mol. The number of hydrogen-bond acceptors (Lipinski definition) is 3. The van der Waals surface area contributed by atoms with Gasteiger partial charge in [0, 0.05) is 28.0 Å². The maximum atomic E-state index is 13.8. The highest BCUT2D eigenvalue weighted by atomic mass is 19.1. The zero-order valence-electron chi connectivity index (χ0n) is 11.6. The Bertz CT molecular complexity index is 814. The number of benzene rings is 2. The number of halogens is 1. The molecule has 0 atom stereocenters. The number of nitrogens with one attached hydrogen (secondary N) is 1. The molecule has 2 aromatic rings. The molecule has 0 aliphatic carbocycles. The highest BCUT2D eigenvalue weighted by Gasteiger charge is 2.25. The molecule has 1 N–H and O–H groups in total. The number of para-hydroxylation sites is 1. The van der Waals surface area contributed by atoms with E-state index in [0.717, 1.165) is 11.3 Å². The van der Waals surface area contributed by atoms with Crippen molar-refractivity contribution in [2.24, 2.45) is 0 Å². The second-order valence-electron chi connectivity index (χ2n) is 5.15. The van der Waals surface area contributed by atoms with Gasteiger partial charge in [-0.15, -0.1) is 0 Å². The quantitative estimate of drug-likeness (QED) is 0.822. The van der Waals surface area contributed by atoms with Crippen molar-refractivity contribution in [3.63, 3.8) is 0 Å². The molecule has 1 amide bonds. The Morgan fingerprint density at radius 1 is 1.23 bits per heavy atom. The van der Waals surface area contributed by atoms with Gasteiger partial charge in [0.2, 0.25) is 0 Å². The molecule has 22 heavy (non-hydrogen) atoms. The Balaban J connectivity index is 1.87. The molecule has 5 heteroatoms. The molecule has 0 saturated heterocycles. The minimum Gasteiger partial charge on any atom is -0.467 e. The van der Waals surface area contributed by atoms with Crippen LogP contribution >= 0.6 is 0 Å².